The number of carbonyl (C=O) groups excluding carboxylic acids is 1. The van der Waals surface area contributed by atoms with E-state index in [0.29, 0.717) is 6.61 Å². The molecule has 1 N–H and O–H groups in total. The van der Waals surface area contributed by atoms with Crippen molar-refractivity contribution in [3.8, 4) is 0 Å². The summed E-state index contributed by atoms with van der Waals surface area (Å²) in [5.41, 5.74) is 1.00. The predicted molar refractivity (Wildman–Crippen MR) is 74.9 cm³/mol. The van der Waals surface area contributed by atoms with E-state index < -0.39 is 0 Å². The number of alkyl carbamates (subject to hydrolysis) is 1. The highest BCUT2D eigenvalue weighted by atomic mass is 16.5. The van der Waals surface area contributed by atoms with E-state index in [0.717, 1.165) is 25.2 Å². The lowest BCUT2D eigenvalue weighted by molar-refractivity contribution is 0.134. The van der Waals surface area contributed by atoms with Crippen LogP contribution in [0, 0.1) is 0 Å². The summed E-state index contributed by atoms with van der Waals surface area (Å²) in [5, 5.41) is 2.87. The maximum Gasteiger partial charge on any atom is 0.407 e. The minimum atomic E-state index is -0.337. The van der Waals surface area contributed by atoms with Gasteiger partial charge in [-0.15, -0.1) is 0 Å². The number of hydrogen-bond donors (Lipinski definition) is 1. The standard InChI is InChI=1S/C15H22N2O2/c1-13(11-17-9-5-6-10-17)16-15(18)19-12-14-7-3-2-4-8-14/h2-4,7-8,13H,5-6,9-12H2,1H3,(H,16,18). The van der Waals surface area contributed by atoms with Crippen LogP contribution in [0.4, 0.5) is 4.79 Å². The molecule has 1 aliphatic heterocycles. The highest BCUT2D eigenvalue weighted by Gasteiger charge is 2.16. The summed E-state index contributed by atoms with van der Waals surface area (Å²) in [6, 6.07) is 9.84. The van der Waals surface area contributed by atoms with Crippen molar-refractivity contribution in [2.24, 2.45) is 0 Å². The number of carbonyl (C=O) groups is 1. The molecule has 4 nitrogen and oxygen atoms in total. The summed E-state index contributed by atoms with van der Waals surface area (Å²) in [4.78, 5) is 14.0. The zero-order valence-electron chi connectivity index (χ0n) is 11.5. The van der Waals surface area contributed by atoms with Crippen LogP contribution in [0.2, 0.25) is 0 Å². The monoisotopic (exact) mass is 262 g/mol. The van der Waals surface area contributed by atoms with E-state index in [2.05, 4.69) is 10.2 Å². The molecule has 1 aromatic carbocycles. The normalized spacial score (nSPS) is 17.1. The van der Waals surface area contributed by atoms with Crippen LogP contribution >= 0.6 is 0 Å². The molecule has 104 valence electrons. The molecule has 1 unspecified atom stereocenters. The molecule has 1 aliphatic rings. The molecule has 0 radical (unpaired) electrons. The van der Waals surface area contributed by atoms with E-state index in [-0.39, 0.29) is 12.1 Å². The summed E-state index contributed by atoms with van der Waals surface area (Å²) < 4.78 is 5.19. The van der Waals surface area contributed by atoms with Crippen molar-refractivity contribution in [2.45, 2.75) is 32.4 Å². The molecule has 4 heteroatoms. The molecule has 19 heavy (non-hydrogen) atoms. The number of rotatable bonds is 5. The molecule has 1 heterocycles. The number of likely N-dealkylation sites (tertiary alicyclic amines) is 1. The second kappa shape index (κ2) is 7.14. The first-order chi connectivity index (χ1) is 9.24. The number of ether oxygens (including phenoxy) is 1. The summed E-state index contributed by atoms with van der Waals surface area (Å²) in [7, 11) is 0. The van der Waals surface area contributed by atoms with Crippen molar-refractivity contribution in [3.63, 3.8) is 0 Å². The van der Waals surface area contributed by atoms with E-state index in [1.165, 1.54) is 12.8 Å². The summed E-state index contributed by atoms with van der Waals surface area (Å²) >= 11 is 0. The summed E-state index contributed by atoms with van der Waals surface area (Å²) in [6.45, 7) is 5.53. The second-order valence-corrected chi connectivity index (χ2v) is 5.11. The molecule has 1 fully saturated rings. The third-order valence-corrected chi connectivity index (χ3v) is 3.31. The highest BCUT2D eigenvalue weighted by Crippen LogP contribution is 2.07. The van der Waals surface area contributed by atoms with Crippen LogP contribution < -0.4 is 5.32 Å². The fraction of sp³-hybridized carbons (Fsp3) is 0.533. The Kier molecular flexibility index (Phi) is 5.21. The molecule has 1 atom stereocenters. The fourth-order valence-electron chi connectivity index (χ4n) is 2.36. The van der Waals surface area contributed by atoms with Crippen molar-refractivity contribution >= 4 is 6.09 Å². The number of nitrogens with zero attached hydrogens (tertiary/aromatic N) is 1. The van der Waals surface area contributed by atoms with Gasteiger partial charge in [0.1, 0.15) is 6.61 Å². The van der Waals surface area contributed by atoms with Gasteiger partial charge in [-0.1, -0.05) is 30.3 Å². The van der Waals surface area contributed by atoms with Crippen LogP contribution in [0.5, 0.6) is 0 Å². The number of nitrogens with one attached hydrogen (secondary N) is 1. The molecule has 0 spiro atoms. The molecule has 0 saturated carbocycles. The Morgan fingerprint density at radius 1 is 1.32 bits per heavy atom. The largest absolute Gasteiger partial charge is 0.445 e. The van der Waals surface area contributed by atoms with Gasteiger partial charge in [0.05, 0.1) is 0 Å². The Bertz CT molecular complexity index is 388. The second-order valence-electron chi connectivity index (χ2n) is 5.11. The molecule has 0 aromatic heterocycles. The van der Waals surface area contributed by atoms with Gasteiger partial charge >= 0.3 is 6.09 Å². The van der Waals surface area contributed by atoms with Gasteiger partial charge in [-0.3, -0.25) is 0 Å². The SMILES string of the molecule is CC(CN1CCCC1)NC(=O)OCc1ccccc1. The van der Waals surface area contributed by atoms with Gasteiger partial charge in [0.25, 0.3) is 0 Å². The van der Waals surface area contributed by atoms with Crippen LogP contribution in [0.25, 0.3) is 0 Å². The zero-order valence-corrected chi connectivity index (χ0v) is 11.5. The lowest BCUT2D eigenvalue weighted by atomic mass is 10.2. The molecule has 0 bridgehead atoms. The van der Waals surface area contributed by atoms with Gasteiger partial charge in [-0.05, 0) is 38.4 Å². The molecule has 1 saturated heterocycles. The van der Waals surface area contributed by atoms with E-state index in [9.17, 15) is 4.79 Å². The summed E-state index contributed by atoms with van der Waals surface area (Å²) in [5.74, 6) is 0. The van der Waals surface area contributed by atoms with Gasteiger partial charge in [0, 0.05) is 12.6 Å². The lowest BCUT2D eigenvalue weighted by Gasteiger charge is -2.20. The van der Waals surface area contributed by atoms with Crippen molar-refractivity contribution in [1.29, 1.82) is 0 Å². The first kappa shape index (κ1) is 13.9. The third-order valence-electron chi connectivity index (χ3n) is 3.31. The Hall–Kier alpha value is -1.55. The van der Waals surface area contributed by atoms with Crippen LogP contribution in [0.3, 0.4) is 0 Å². The van der Waals surface area contributed by atoms with Crippen molar-refractivity contribution in [1.82, 2.24) is 10.2 Å². The third kappa shape index (κ3) is 4.91. The van der Waals surface area contributed by atoms with Crippen LogP contribution in [-0.4, -0.2) is 36.7 Å². The molecular weight excluding hydrogens is 240 g/mol. The number of hydrogen-bond acceptors (Lipinski definition) is 3. The number of amides is 1. The van der Waals surface area contributed by atoms with Crippen molar-refractivity contribution in [3.05, 3.63) is 35.9 Å². The van der Waals surface area contributed by atoms with E-state index >= 15 is 0 Å². The minimum Gasteiger partial charge on any atom is -0.445 e. The molecule has 1 aromatic rings. The maximum absolute atomic E-state index is 11.6. The van der Waals surface area contributed by atoms with Gasteiger partial charge in [0.15, 0.2) is 0 Å². The van der Waals surface area contributed by atoms with E-state index in [1.807, 2.05) is 37.3 Å². The number of benzene rings is 1. The first-order valence-electron chi connectivity index (χ1n) is 6.93. The van der Waals surface area contributed by atoms with Gasteiger partial charge in [-0.25, -0.2) is 4.79 Å². The average Bonchev–Trinajstić information content (AvgIpc) is 2.90. The predicted octanol–water partition coefficient (Wildman–Crippen LogP) is 2.40. The van der Waals surface area contributed by atoms with Crippen LogP contribution in [-0.2, 0) is 11.3 Å². The molecule has 1 amide bonds. The van der Waals surface area contributed by atoms with E-state index in [4.69, 9.17) is 4.74 Å². The average molecular weight is 262 g/mol. The van der Waals surface area contributed by atoms with Gasteiger partial charge in [0.2, 0.25) is 0 Å². The molecular formula is C15H22N2O2. The summed E-state index contributed by atoms with van der Waals surface area (Å²) in [6.07, 6.45) is 2.20. The van der Waals surface area contributed by atoms with Gasteiger partial charge in [-0.2, -0.15) is 0 Å². The smallest absolute Gasteiger partial charge is 0.407 e. The minimum absolute atomic E-state index is 0.126. The van der Waals surface area contributed by atoms with Crippen molar-refractivity contribution in [2.75, 3.05) is 19.6 Å². The Balaban J connectivity index is 1.66. The molecule has 0 aliphatic carbocycles. The molecule has 2 rings (SSSR count). The van der Waals surface area contributed by atoms with Crippen LogP contribution in [0.15, 0.2) is 30.3 Å². The fourth-order valence-corrected chi connectivity index (χ4v) is 2.36. The Morgan fingerprint density at radius 3 is 2.68 bits per heavy atom. The topological polar surface area (TPSA) is 41.6 Å². The quantitative estimate of drug-likeness (QED) is 0.886. The van der Waals surface area contributed by atoms with Gasteiger partial charge < -0.3 is 15.0 Å². The first-order valence-corrected chi connectivity index (χ1v) is 6.93. The van der Waals surface area contributed by atoms with E-state index in [1.54, 1.807) is 0 Å². The Morgan fingerprint density at radius 2 is 2.00 bits per heavy atom. The zero-order chi connectivity index (χ0) is 13.5. The highest BCUT2D eigenvalue weighted by molar-refractivity contribution is 5.67. The Labute approximate surface area is 114 Å². The van der Waals surface area contributed by atoms with Crippen LogP contribution in [0.1, 0.15) is 25.3 Å². The maximum atomic E-state index is 11.6. The lowest BCUT2D eigenvalue weighted by Crippen LogP contribution is -2.41. The van der Waals surface area contributed by atoms with Crippen molar-refractivity contribution < 1.29 is 9.53 Å².